The third-order valence-electron chi connectivity index (χ3n) is 5.14. The summed E-state index contributed by atoms with van der Waals surface area (Å²) in [4.78, 5) is 26.2. The number of aromatic nitrogens is 3. The standard InChI is InChI=1S/C24H21F3N6O2/c1-29-11-16-9-14(3-6-19(16)28)18-10-15-4-8-21(35-13-24(25,26)27)32-22(15)33(23(18)34)17-5-7-20(30-2)31-12-17/h3-12H,13,28H2,1-2H3,(H,30,31). The lowest BCUT2D eigenvalue weighted by atomic mass is 10.0. The minimum atomic E-state index is -4.53. The van der Waals surface area contributed by atoms with E-state index in [1.54, 1.807) is 62.8 Å². The molecule has 3 N–H and O–H groups in total. The molecule has 4 rings (SSSR count). The van der Waals surface area contributed by atoms with E-state index >= 15 is 0 Å². The Kier molecular flexibility index (Phi) is 6.41. The Hall–Kier alpha value is -4.41. The largest absolute Gasteiger partial charge is 0.468 e. The smallest absolute Gasteiger partial charge is 0.422 e. The summed E-state index contributed by atoms with van der Waals surface area (Å²) < 4.78 is 44.1. The van der Waals surface area contributed by atoms with Crippen LogP contribution >= 0.6 is 0 Å². The fourth-order valence-corrected chi connectivity index (χ4v) is 3.51. The van der Waals surface area contributed by atoms with E-state index in [2.05, 4.69) is 20.3 Å². The monoisotopic (exact) mass is 482 g/mol. The molecule has 0 bridgehead atoms. The molecule has 1 aromatic carbocycles. The van der Waals surface area contributed by atoms with Gasteiger partial charge in [0.25, 0.3) is 5.56 Å². The number of nitrogen functional groups attached to an aromatic ring is 1. The number of rotatable bonds is 6. The number of aliphatic imine (C=N–C) groups is 1. The van der Waals surface area contributed by atoms with Crippen molar-refractivity contribution < 1.29 is 17.9 Å². The zero-order chi connectivity index (χ0) is 25.2. The highest BCUT2D eigenvalue weighted by Crippen LogP contribution is 2.27. The van der Waals surface area contributed by atoms with Gasteiger partial charge in [0.15, 0.2) is 12.3 Å². The van der Waals surface area contributed by atoms with Gasteiger partial charge in [-0.15, -0.1) is 0 Å². The van der Waals surface area contributed by atoms with Gasteiger partial charge < -0.3 is 15.8 Å². The molecule has 0 saturated carbocycles. The molecule has 0 aliphatic carbocycles. The minimum absolute atomic E-state index is 0.128. The molecule has 8 nitrogen and oxygen atoms in total. The van der Waals surface area contributed by atoms with Crippen molar-refractivity contribution in [2.24, 2.45) is 4.99 Å². The zero-order valence-corrected chi connectivity index (χ0v) is 18.8. The van der Waals surface area contributed by atoms with E-state index in [1.807, 2.05) is 0 Å². The van der Waals surface area contributed by atoms with E-state index in [4.69, 9.17) is 10.5 Å². The lowest BCUT2D eigenvalue weighted by molar-refractivity contribution is -0.154. The van der Waals surface area contributed by atoms with E-state index < -0.39 is 18.3 Å². The Morgan fingerprint density at radius 1 is 1.17 bits per heavy atom. The van der Waals surface area contributed by atoms with Crippen LogP contribution in [0.1, 0.15) is 5.56 Å². The number of hydrogen-bond donors (Lipinski definition) is 2. The van der Waals surface area contributed by atoms with Crippen LogP contribution < -0.4 is 21.3 Å². The number of halogens is 3. The van der Waals surface area contributed by atoms with Crippen LogP contribution in [-0.4, -0.2) is 47.6 Å². The van der Waals surface area contributed by atoms with E-state index in [9.17, 15) is 18.0 Å². The molecule has 0 radical (unpaired) electrons. The maximum atomic E-state index is 13.7. The van der Waals surface area contributed by atoms with Crippen molar-refractivity contribution in [3.05, 3.63) is 70.6 Å². The lowest BCUT2D eigenvalue weighted by Crippen LogP contribution is -2.22. The number of alkyl halides is 3. The molecule has 3 heterocycles. The normalized spacial score (nSPS) is 11.8. The second kappa shape index (κ2) is 9.45. The molecule has 0 saturated heterocycles. The van der Waals surface area contributed by atoms with E-state index in [1.165, 1.54) is 16.8 Å². The molecule has 3 aromatic heterocycles. The number of fused-ring (bicyclic) bond motifs is 1. The SMILES string of the molecule is CN=Cc1cc(-c2cc3ccc(OCC(F)(F)F)nc3n(-c3ccc(NC)nc3)c2=O)ccc1N. The lowest BCUT2D eigenvalue weighted by Gasteiger charge is -2.15. The molecular formula is C24H21F3N6O2. The predicted octanol–water partition coefficient (Wildman–Crippen LogP) is 4.06. The molecule has 0 unspecified atom stereocenters. The van der Waals surface area contributed by atoms with Gasteiger partial charge in [-0.3, -0.25) is 14.4 Å². The summed E-state index contributed by atoms with van der Waals surface area (Å²) >= 11 is 0. The molecule has 0 fully saturated rings. The molecule has 0 aliphatic heterocycles. The van der Waals surface area contributed by atoms with Crippen LogP contribution in [0.25, 0.3) is 27.8 Å². The Labute approximate surface area is 197 Å². The van der Waals surface area contributed by atoms with Crippen molar-refractivity contribution in [3.63, 3.8) is 0 Å². The first-order valence-corrected chi connectivity index (χ1v) is 10.4. The fraction of sp³-hybridized carbons (Fsp3) is 0.167. The van der Waals surface area contributed by atoms with Crippen molar-refractivity contribution in [3.8, 4) is 22.7 Å². The quantitative estimate of drug-likeness (QED) is 0.317. The van der Waals surface area contributed by atoms with Gasteiger partial charge in [0.05, 0.1) is 11.9 Å². The minimum Gasteiger partial charge on any atom is -0.468 e. The highest BCUT2D eigenvalue weighted by atomic mass is 19.4. The van der Waals surface area contributed by atoms with Crippen LogP contribution in [0, 0.1) is 0 Å². The average molecular weight is 482 g/mol. The van der Waals surface area contributed by atoms with Crippen molar-refractivity contribution >= 4 is 28.8 Å². The van der Waals surface area contributed by atoms with Gasteiger partial charge in [0.1, 0.15) is 5.82 Å². The van der Waals surface area contributed by atoms with Crippen LogP contribution in [0.2, 0.25) is 0 Å². The van der Waals surface area contributed by atoms with E-state index in [0.29, 0.717) is 39.3 Å². The summed E-state index contributed by atoms with van der Waals surface area (Å²) in [5.74, 6) is 0.316. The fourth-order valence-electron chi connectivity index (χ4n) is 3.51. The first kappa shape index (κ1) is 23.7. The third-order valence-corrected chi connectivity index (χ3v) is 5.14. The molecular weight excluding hydrogens is 461 g/mol. The van der Waals surface area contributed by atoms with Gasteiger partial charge in [0.2, 0.25) is 5.88 Å². The van der Waals surface area contributed by atoms with E-state index in [-0.39, 0.29) is 11.5 Å². The molecule has 0 atom stereocenters. The van der Waals surface area contributed by atoms with Crippen molar-refractivity contribution in [2.75, 3.05) is 31.8 Å². The Bertz CT molecular complexity index is 1460. The first-order valence-electron chi connectivity index (χ1n) is 10.4. The van der Waals surface area contributed by atoms with Crippen LogP contribution in [0.4, 0.5) is 24.7 Å². The summed E-state index contributed by atoms with van der Waals surface area (Å²) in [5.41, 5.74) is 8.15. The number of anilines is 2. The summed E-state index contributed by atoms with van der Waals surface area (Å²) in [6.45, 7) is -1.50. The van der Waals surface area contributed by atoms with Gasteiger partial charge in [-0.1, -0.05) is 6.07 Å². The molecule has 4 aromatic rings. The first-order chi connectivity index (χ1) is 16.7. The highest BCUT2D eigenvalue weighted by Gasteiger charge is 2.28. The van der Waals surface area contributed by atoms with Crippen molar-refractivity contribution in [1.82, 2.24) is 14.5 Å². The number of ether oxygens (including phenoxy) is 1. The highest BCUT2D eigenvalue weighted by molar-refractivity contribution is 5.90. The Balaban J connectivity index is 1.95. The number of benzene rings is 1. The molecule has 0 spiro atoms. The molecule has 35 heavy (non-hydrogen) atoms. The number of hydrogen-bond acceptors (Lipinski definition) is 7. The third kappa shape index (κ3) is 5.08. The van der Waals surface area contributed by atoms with Crippen LogP contribution in [0.15, 0.2) is 64.5 Å². The predicted molar refractivity (Wildman–Crippen MR) is 130 cm³/mol. The number of nitrogens with zero attached hydrogens (tertiary/aromatic N) is 4. The second-order valence-electron chi connectivity index (χ2n) is 7.55. The maximum absolute atomic E-state index is 13.7. The zero-order valence-electron chi connectivity index (χ0n) is 18.8. The molecule has 0 amide bonds. The van der Waals surface area contributed by atoms with Gasteiger partial charge in [0, 0.05) is 48.6 Å². The van der Waals surface area contributed by atoms with E-state index in [0.717, 1.165) is 0 Å². The number of pyridine rings is 3. The maximum Gasteiger partial charge on any atom is 0.422 e. The number of nitrogens with two attached hydrogens (primary N) is 1. The van der Waals surface area contributed by atoms with Crippen LogP contribution in [-0.2, 0) is 0 Å². The topological polar surface area (TPSA) is 107 Å². The van der Waals surface area contributed by atoms with Gasteiger partial charge in [-0.25, -0.2) is 4.98 Å². The summed E-state index contributed by atoms with van der Waals surface area (Å²) in [7, 11) is 3.31. The second-order valence-corrected chi connectivity index (χ2v) is 7.55. The summed E-state index contributed by atoms with van der Waals surface area (Å²) in [6, 6.07) is 13.0. The van der Waals surface area contributed by atoms with Gasteiger partial charge in [-0.05, 0) is 42.0 Å². The summed E-state index contributed by atoms with van der Waals surface area (Å²) in [5, 5.41) is 3.41. The Morgan fingerprint density at radius 3 is 2.63 bits per heavy atom. The molecule has 180 valence electrons. The van der Waals surface area contributed by atoms with Gasteiger partial charge >= 0.3 is 6.18 Å². The van der Waals surface area contributed by atoms with Crippen molar-refractivity contribution in [2.45, 2.75) is 6.18 Å². The molecule has 0 aliphatic rings. The summed E-state index contributed by atoms with van der Waals surface area (Å²) in [6.07, 6.45) is -1.47. The van der Waals surface area contributed by atoms with Crippen molar-refractivity contribution in [1.29, 1.82) is 0 Å². The molecule has 11 heteroatoms. The Morgan fingerprint density at radius 2 is 1.97 bits per heavy atom. The average Bonchev–Trinajstić information content (AvgIpc) is 2.83. The number of nitrogens with one attached hydrogen (secondary N) is 1. The van der Waals surface area contributed by atoms with Crippen LogP contribution in [0.3, 0.4) is 0 Å². The van der Waals surface area contributed by atoms with Crippen LogP contribution in [0.5, 0.6) is 5.88 Å². The van der Waals surface area contributed by atoms with Gasteiger partial charge in [-0.2, -0.15) is 18.2 Å².